The van der Waals surface area contributed by atoms with E-state index in [9.17, 15) is 9.90 Å². The molecule has 0 aromatic heterocycles. The van der Waals surface area contributed by atoms with Crippen molar-refractivity contribution in [1.29, 1.82) is 0 Å². The number of carbonyl (C=O) groups excluding carboxylic acids is 1. The fourth-order valence-corrected chi connectivity index (χ4v) is 1.57. The summed E-state index contributed by atoms with van der Waals surface area (Å²) in [5.74, 6) is 0.104. The standard InChI is InChI=1S/C12H17ClN2O2/c1-8(2)15-12(17)7-14-6-9-5-10(13)3-4-11(9)16/h3-5,8,14,16H,6-7H2,1-2H3,(H,15,17). The Morgan fingerprint density at radius 2 is 2.18 bits per heavy atom. The molecule has 0 radical (unpaired) electrons. The van der Waals surface area contributed by atoms with Gasteiger partial charge in [-0.25, -0.2) is 0 Å². The van der Waals surface area contributed by atoms with E-state index in [0.717, 1.165) is 0 Å². The van der Waals surface area contributed by atoms with Crippen LogP contribution in [0.5, 0.6) is 5.75 Å². The second-order valence-corrected chi connectivity index (χ2v) is 4.54. The number of benzene rings is 1. The average Bonchev–Trinajstić information content (AvgIpc) is 2.22. The van der Waals surface area contributed by atoms with Gasteiger partial charge >= 0.3 is 0 Å². The maximum Gasteiger partial charge on any atom is 0.234 e. The van der Waals surface area contributed by atoms with E-state index >= 15 is 0 Å². The highest BCUT2D eigenvalue weighted by Gasteiger charge is 2.05. The predicted molar refractivity (Wildman–Crippen MR) is 68.1 cm³/mol. The maximum absolute atomic E-state index is 11.3. The van der Waals surface area contributed by atoms with Crippen LogP contribution in [0.25, 0.3) is 0 Å². The molecule has 0 unspecified atom stereocenters. The molecule has 0 aliphatic heterocycles. The Morgan fingerprint density at radius 1 is 1.47 bits per heavy atom. The molecule has 0 atom stereocenters. The molecular formula is C12H17ClN2O2. The van der Waals surface area contributed by atoms with Crippen LogP contribution < -0.4 is 10.6 Å². The maximum atomic E-state index is 11.3. The largest absolute Gasteiger partial charge is 0.508 e. The molecule has 0 heterocycles. The lowest BCUT2D eigenvalue weighted by Gasteiger charge is -2.10. The minimum atomic E-state index is -0.0680. The van der Waals surface area contributed by atoms with Crippen LogP contribution in [0.1, 0.15) is 19.4 Å². The quantitative estimate of drug-likeness (QED) is 0.751. The number of phenolic OH excluding ortho intramolecular Hbond substituents is 1. The molecule has 4 nitrogen and oxygen atoms in total. The second-order valence-electron chi connectivity index (χ2n) is 4.10. The van der Waals surface area contributed by atoms with Crippen LogP contribution in [-0.4, -0.2) is 23.6 Å². The van der Waals surface area contributed by atoms with Crippen LogP contribution in [-0.2, 0) is 11.3 Å². The van der Waals surface area contributed by atoms with Crippen LogP contribution in [0, 0.1) is 0 Å². The molecule has 1 rings (SSSR count). The molecule has 0 saturated heterocycles. The minimum absolute atomic E-state index is 0.0680. The lowest BCUT2D eigenvalue weighted by Crippen LogP contribution is -2.37. The van der Waals surface area contributed by atoms with Gasteiger partial charge in [-0.2, -0.15) is 0 Å². The Labute approximate surface area is 106 Å². The fourth-order valence-electron chi connectivity index (χ4n) is 1.38. The molecular weight excluding hydrogens is 240 g/mol. The van der Waals surface area contributed by atoms with E-state index in [-0.39, 0.29) is 24.2 Å². The minimum Gasteiger partial charge on any atom is -0.508 e. The van der Waals surface area contributed by atoms with Crippen molar-refractivity contribution in [3.05, 3.63) is 28.8 Å². The highest BCUT2D eigenvalue weighted by Crippen LogP contribution is 2.20. The zero-order chi connectivity index (χ0) is 12.8. The number of nitrogens with one attached hydrogen (secondary N) is 2. The van der Waals surface area contributed by atoms with Crippen molar-refractivity contribution in [2.24, 2.45) is 0 Å². The Balaban J connectivity index is 2.40. The third-order valence-electron chi connectivity index (χ3n) is 2.09. The predicted octanol–water partition coefficient (Wildman–Crippen LogP) is 1.66. The summed E-state index contributed by atoms with van der Waals surface area (Å²) in [5.41, 5.74) is 0.676. The third kappa shape index (κ3) is 5.06. The number of aromatic hydroxyl groups is 1. The molecule has 0 aliphatic carbocycles. The summed E-state index contributed by atoms with van der Waals surface area (Å²) in [6.07, 6.45) is 0. The molecule has 0 bridgehead atoms. The highest BCUT2D eigenvalue weighted by molar-refractivity contribution is 6.30. The topological polar surface area (TPSA) is 61.4 Å². The zero-order valence-electron chi connectivity index (χ0n) is 9.96. The zero-order valence-corrected chi connectivity index (χ0v) is 10.7. The van der Waals surface area contributed by atoms with Gasteiger partial charge in [0, 0.05) is 23.2 Å². The van der Waals surface area contributed by atoms with E-state index in [1.165, 1.54) is 6.07 Å². The molecule has 5 heteroatoms. The van der Waals surface area contributed by atoms with Gasteiger partial charge in [0.15, 0.2) is 0 Å². The summed E-state index contributed by atoms with van der Waals surface area (Å²) in [7, 11) is 0. The van der Waals surface area contributed by atoms with Crippen molar-refractivity contribution in [3.63, 3.8) is 0 Å². The molecule has 1 aromatic carbocycles. The Hall–Kier alpha value is -1.26. The molecule has 0 saturated carbocycles. The Morgan fingerprint density at radius 3 is 2.82 bits per heavy atom. The number of phenols is 1. The van der Waals surface area contributed by atoms with Gasteiger partial charge in [0.1, 0.15) is 5.75 Å². The van der Waals surface area contributed by atoms with Crippen molar-refractivity contribution >= 4 is 17.5 Å². The highest BCUT2D eigenvalue weighted by atomic mass is 35.5. The van der Waals surface area contributed by atoms with Crippen molar-refractivity contribution < 1.29 is 9.90 Å². The first-order valence-electron chi connectivity index (χ1n) is 5.46. The Kier molecular flexibility index (Phi) is 5.25. The van der Waals surface area contributed by atoms with Crippen LogP contribution in [0.3, 0.4) is 0 Å². The summed E-state index contributed by atoms with van der Waals surface area (Å²) in [6, 6.07) is 4.95. The summed E-state index contributed by atoms with van der Waals surface area (Å²) in [6.45, 7) is 4.42. The third-order valence-corrected chi connectivity index (χ3v) is 2.33. The van der Waals surface area contributed by atoms with Gasteiger partial charge < -0.3 is 15.7 Å². The fraction of sp³-hybridized carbons (Fsp3) is 0.417. The summed E-state index contributed by atoms with van der Waals surface area (Å²) in [4.78, 5) is 11.3. The van der Waals surface area contributed by atoms with E-state index in [1.807, 2.05) is 13.8 Å². The lowest BCUT2D eigenvalue weighted by atomic mass is 10.2. The van der Waals surface area contributed by atoms with Gasteiger partial charge in [-0.15, -0.1) is 0 Å². The summed E-state index contributed by atoms with van der Waals surface area (Å²) >= 11 is 5.81. The van der Waals surface area contributed by atoms with Gasteiger partial charge in [0.05, 0.1) is 6.54 Å². The molecule has 0 aliphatic rings. The Bertz CT molecular complexity index is 394. The average molecular weight is 257 g/mol. The van der Waals surface area contributed by atoms with Crippen molar-refractivity contribution in [2.45, 2.75) is 26.4 Å². The molecule has 0 fully saturated rings. The summed E-state index contributed by atoms with van der Waals surface area (Å²) in [5, 5.41) is 15.8. The SMILES string of the molecule is CC(C)NC(=O)CNCc1cc(Cl)ccc1O. The van der Waals surface area contributed by atoms with Gasteiger partial charge in [-0.05, 0) is 32.0 Å². The number of hydrogen-bond acceptors (Lipinski definition) is 3. The van der Waals surface area contributed by atoms with E-state index in [2.05, 4.69) is 10.6 Å². The van der Waals surface area contributed by atoms with Crippen LogP contribution in [0.2, 0.25) is 5.02 Å². The molecule has 1 aromatic rings. The van der Waals surface area contributed by atoms with Crippen molar-refractivity contribution in [2.75, 3.05) is 6.54 Å². The van der Waals surface area contributed by atoms with Crippen LogP contribution in [0.15, 0.2) is 18.2 Å². The van der Waals surface area contributed by atoms with Crippen molar-refractivity contribution in [1.82, 2.24) is 10.6 Å². The first kappa shape index (κ1) is 13.8. The smallest absolute Gasteiger partial charge is 0.234 e. The molecule has 0 spiro atoms. The molecule has 17 heavy (non-hydrogen) atoms. The summed E-state index contributed by atoms with van der Waals surface area (Å²) < 4.78 is 0. The van der Waals surface area contributed by atoms with Gasteiger partial charge in [0.2, 0.25) is 5.91 Å². The first-order valence-corrected chi connectivity index (χ1v) is 5.84. The number of carbonyl (C=O) groups is 1. The van der Waals surface area contributed by atoms with Crippen LogP contribution in [0.4, 0.5) is 0 Å². The van der Waals surface area contributed by atoms with E-state index in [1.54, 1.807) is 12.1 Å². The van der Waals surface area contributed by atoms with Gasteiger partial charge in [0.25, 0.3) is 0 Å². The van der Waals surface area contributed by atoms with E-state index in [4.69, 9.17) is 11.6 Å². The van der Waals surface area contributed by atoms with Gasteiger partial charge in [-0.1, -0.05) is 11.6 Å². The van der Waals surface area contributed by atoms with E-state index in [0.29, 0.717) is 17.1 Å². The first-order chi connectivity index (χ1) is 7.99. The number of halogens is 1. The number of amides is 1. The van der Waals surface area contributed by atoms with Crippen molar-refractivity contribution in [3.8, 4) is 5.75 Å². The van der Waals surface area contributed by atoms with Crippen LogP contribution >= 0.6 is 11.6 Å². The second kappa shape index (κ2) is 6.47. The van der Waals surface area contributed by atoms with E-state index < -0.39 is 0 Å². The number of hydrogen-bond donors (Lipinski definition) is 3. The normalized spacial score (nSPS) is 10.6. The van der Waals surface area contributed by atoms with Gasteiger partial charge in [-0.3, -0.25) is 4.79 Å². The lowest BCUT2D eigenvalue weighted by molar-refractivity contribution is -0.120. The molecule has 1 amide bonds. The molecule has 94 valence electrons. The number of rotatable bonds is 5. The molecule has 3 N–H and O–H groups in total. The monoisotopic (exact) mass is 256 g/mol.